The van der Waals surface area contributed by atoms with Crippen molar-refractivity contribution in [1.82, 2.24) is 20.2 Å². The molecule has 8 heteroatoms. The van der Waals surface area contributed by atoms with Gasteiger partial charge in [0.15, 0.2) is 11.4 Å². The van der Waals surface area contributed by atoms with E-state index >= 15 is 0 Å². The molecule has 0 aromatic carbocycles. The SMILES string of the molecule is O=C(NC1CCN(C[C@@H]2CCCO2)CC1)c1nc[nH]c1C(=O)O. The van der Waals surface area contributed by atoms with Gasteiger partial charge in [-0.3, -0.25) is 4.79 Å². The number of likely N-dealkylation sites (tertiary alicyclic amines) is 1. The number of H-pyrrole nitrogens is 1. The minimum absolute atomic E-state index is 0.0562. The molecule has 3 heterocycles. The van der Waals surface area contributed by atoms with Crippen LogP contribution in [0.2, 0.25) is 0 Å². The van der Waals surface area contributed by atoms with Crippen LogP contribution in [0.15, 0.2) is 6.33 Å². The summed E-state index contributed by atoms with van der Waals surface area (Å²) in [5.41, 5.74) is -0.224. The van der Waals surface area contributed by atoms with Crippen LogP contribution in [0.5, 0.6) is 0 Å². The number of nitrogens with zero attached hydrogens (tertiary/aromatic N) is 2. The number of rotatable bonds is 5. The molecule has 0 spiro atoms. The monoisotopic (exact) mass is 322 g/mol. The van der Waals surface area contributed by atoms with Crippen LogP contribution in [0.1, 0.15) is 46.7 Å². The van der Waals surface area contributed by atoms with E-state index in [2.05, 4.69) is 20.2 Å². The summed E-state index contributed by atoms with van der Waals surface area (Å²) in [5, 5.41) is 11.9. The number of imidazole rings is 1. The topological polar surface area (TPSA) is 108 Å². The third-order valence-electron chi connectivity index (χ3n) is 4.48. The fourth-order valence-electron chi connectivity index (χ4n) is 3.22. The molecule has 1 atom stereocenters. The van der Waals surface area contributed by atoms with Gasteiger partial charge in [0.2, 0.25) is 0 Å². The molecule has 0 unspecified atom stereocenters. The lowest BCUT2D eigenvalue weighted by atomic mass is 10.0. The van der Waals surface area contributed by atoms with Gasteiger partial charge in [-0.15, -0.1) is 0 Å². The maximum Gasteiger partial charge on any atom is 0.354 e. The smallest absolute Gasteiger partial charge is 0.354 e. The Kier molecular flexibility index (Phi) is 4.92. The molecule has 1 aromatic rings. The van der Waals surface area contributed by atoms with Gasteiger partial charge in [-0.25, -0.2) is 9.78 Å². The Morgan fingerprint density at radius 1 is 1.39 bits per heavy atom. The first-order valence-corrected chi connectivity index (χ1v) is 8.05. The van der Waals surface area contributed by atoms with E-state index in [9.17, 15) is 9.59 Å². The summed E-state index contributed by atoms with van der Waals surface area (Å²) >= 11 is 0. The largest absolute Gasteiger partial charge is 0.477 e. The molecule has 1 aromatic heterocycles. The number of hydrogen-bond donors (Lipinski definition) is 3. The van der Waals surface area contributed by atoms with Crippen molar-refractivity contribution in [1.29, 1.82) is 0 Å². The third kappa shape index (κ3) is 3.89. The number of carboxylic acids is 1. The van der Waals surface area contributed by atoms with Crippen molar-refractivity contribution in [2.45, 2.75) is 37.8 Å². The van der Waals surface area contributed by atoms with Gasteiger partial charge in [0, 0.05) is 32.3 Å². The number of nitrogens with one attached hydrogen (secondary N) is 2. The van der Waals surface area contributed by atoms with Crippen molar-refractivity contribution >= 4 is 11.9 Å². The van der Waals surface area contributed by atoms with E-state index in [4.69, 9.17) is 9.84 Å². The Balaban J connectivity index is 1.47. The predicted octanol–water partition coefficient (Wildman–Crippen LogP) is 0.481. The summed E-state index contributed by atoms with van der Waals surface area (Å²) in [6.45, 7) is 3.66. The maximum absolute atomic E-state index is 12.2. The average molecular weight is 322 g/mol. The standard InChI is InChI=1S/C15H22N4O4/c20-14(12-13(15(21)22)17-9-16-12)18-10-3-5-19(6-4-10)8-11-2-1-7-23-11/h9-11H,1-8H2,(H,16,17)(H,18,20)(H,21,22)/t11-/m0/s1. The third-order valence-corrected chi connectivity index (χ3v) is 4.48. The molecule has 1 amide bonds. The van der Waals surface area contributed by atoms with Gasteiger partial charge in [-0.2, -0.15) is 0 Å². The number of ether oxygens (including phenoxy) is 1. The number of aromatic nitrogens is 2. The van der Waals surface area contributed by atoms with E-state index < -0.39 is 11.9 Å². The molecular formula is C15H22N4O4. The molecular weight excluding hydrogens is 300 g/mol. The zero-order valence-corrected chi connectivity index (χ0v) is 13.0. The molecule has 0 saturated carbocycles. The zero-order chi connectivity index (χ0) is 16.2. The van der Waals surface area contributed by atoms with Gasteiger partial charge < -0.3 is 25.0 Å². The Hall–Kier alpha value is -1.93. The first kappa shape index (κ1) is 15.9. The maximum atomic E-state index is 12.2. The van der Waals surface area contributed by atoms with Gasteiger partial charge in [-0.05, 0) is 25.7 Å². The van der Waals surface area contributed by atoms with Gasteiger partial charge in [-0.1, -0.05) is 0 Å². The van der Waals surface area contributed by atoms with Crippen LogP contribution in [0.3, 0.4) is 0 Å². The second-order valence-electron chi connectivity index (χ2n) is 6.11. The first-order valence-electron chi connectivity index (χ1n) is 8.05. The summed E-state index contributed by atoms with van der Waals surface area (Å²) in [4.78, 5) is 31.8. The van der Waals surface area contributed by atoms with E-state index in [0.717, 1.165) is 51.9 Å². The van der Waals surface area contributed by atoms with Gasteiger partial charge >= 0.3 is 5.97 Å². The number of carbonyl (C=O) groups is 2. The number of hydrogen-bond acceptors (Lipinski definition) is 5. The number of aromatic amines is 1. The van der Waals surface area contributed by atoms with Crippen LogP contribution in [0.25, 0.3) is 0 Å². The summed E-state index contributed by atoms with van der Waals surface area (Å²) in [6, 6.07) is 0.0570. The molecule has 126 valence electrons. The Labute approximate surface area is 134 Å². The second kappa shape index (κ2) is 7.10. The van der Waals surface area contributed by atoms with Crippen LogP contribution in [-0.4, -0.2) is 70.2 Å². The van der Waals surface area contributed by atoms with E-state index in [1.807, 2.05) is 0 Å². The molecule has 3 rings (SSSR count). The van der Waals surface area contributed by atoms with E-state index in [0.29, 0.717) is 6.10 Å². The lowest BCUT2D eigenvalue weighted by molar-refractivity contribution is 0.0611. The molecule has 2 aliphatic rings. The number of piperidine rings is 1. The van der Waals surface area contributed by atoms with Crippen LogP contribution < -0.4 is 5.32 Å². The highest BCUT2D eigenvalue weighted by Gasteiger charge is 2.26. The quantitative estimate of drug-likeness (QED) is 0.728. The summed E-state index contributed by atoms with van der Waals surface area (Å²) in [6.07, 6.45) is 5.56. The van der Waals surface area contributed by atoms with Crippen LogP contribution >= 0.6 is 0 Å². The number of carbonyl (C=O) groups excluding carboxylic acids is 1. The highest BCUT2D eigenvalue weighted by atomic mass is 16.5. The lowest BCUT2D eigenvalue weighted by Gasteiger charge is -2.33. The van der Waals surface area contributed by atoms with Crippen molar-refractivity contribution in [2.24, 2.45) is 0 Å². The van der Waals surface area contributed by atoms with E-state index in [-0.39, 0.29) is 17.4 Å². The van der Waals surface area contributed by atoms with Crippen LogP contribution in [0.4, 0.5) is 0 Å². The molecule has 2 saturated heterocycles. The number of carboxylic acid groups (broad SMARTS) is 1. The summed E-state index contributed by atoms with van der Waals surface area (Å²) in [7, 11) is 0. The molecule has 0 radical (unpaired) electrons. The molecule has 0 bridgehead atoms. The normalized spacial score (nSPS) is 23.0. The molecule has 3 N–H and O–H groups in total. The highest BCUT2D eigenvalue weighted by Crippen LogP contribution is 2.17. The molecule has 8 nitrogen and oxygen atoms in total. The van der Waals surface area contributed by atoms with Crippen LogP contribution in [-0.2, 0) is 4.74 Å². The molecule has 2 fully saturated rings. The minimum atomic E-state index is -1.18. The lowest BCUT2D eigenvalue weighted by Crippen LogP contribution is -2.46. The van der Waals surface area contributed by atoms with Gasteiger partial charge in [0.05, 0.1) is 12.4 Å². The summed E-state index contributed by atoms with van der Waals surface area (Å²) in [5.74, 6) is -1.61. The fourth-order valence-corrected chi connectivity index (χ4v) is 3.22. The number of amides is 1. The van der Waals surface area contributed by atoms with Gasteiger partial charge in [0.25, 0.3) is 5.91 Å². The van der Waals surface area contributed by atoms with Crippen molar-refractivity contribution < 1.29 is 19.4 Å². The molecule has 23 heavy (non-hydrogen) atoms. The fraction of sp³-hybridized carbons (Fsp3) is 0.667. The minimum Gasteiger partial charge on any atom is -0.477 e. The molecule has 0 aliphatic carbocycles. The highest BCUT2D eigenvalue weighted by molar-refractivity contribution is 6.02. The molecule has 2 aliphatic heterocycles. The Morgan fingerprint density at radius 3 is 2.83 bits per heavy atom. The van der Waals surface area contributed by atoms with E-state index in [1.165, 1.54) is 6.33 Å². The Bertz CT molecular complexity index is 560. The van der Waals surface area contributed by atoms with Gasteiger partial charge in [0.1, 0.15) is 0 Å². The number of aromatic carboxylic acids is 1. The summed E-state index contributed by atoms with van der Waals surface area (Å²) < 4.78 is 5.65. The predicted molar refractivity (Wildman–Crippen MR) is 81.4 cm³/mol. The van der Waals surface area contributed by atoms with Crippen LogP contribution in [0, 0.1) is 0 Å². The van der Waals surface area contributed by atoms with Crippen molar-refractivity contribution in [3.05, 3.63) is 17.7 Å². The zero-order valence-electron chi connectivity index (χ0n) is 13.0. The van der Waals surface area contributed by atoms with Crippen molar-refractivity contribution in [2.75, 3.05) is 26.2 Å². The first-order chi connectivity index (χ1) is 11.1. The Morgan fingerprint density at radius 2 is 2.17 bits per heavy atom. The average Bonchev–Trinajstić information content (AvgIpc) is 3.20. The second-order valence-corrected chi connectivity index (χ2v) is 6.11. The van der Waals surface area contributed by atoms with Crippen molar-refractivity contribution in [3.8, 4) is 0 Å². The van der Waals surface area contributed by atoms with E-state index in [1.54, 1.807) is 0 Å². The van der Waals surface area contributed by atoms with Crippen molar-refractivity contribution in [3.63, 3.8) is 0 Å².